The normalized spacial score (nSPS) is 11.0. The number of aryl methyl sites for hydroxylation is 1. The van der Waals surface area contributed by atoms with Gasteiger partial charge >= 0.3 is 5.88 Å². The molecule has 1 aromatic carbocycles. The zero-order chi connectivity index (χ0) is 17.8. The molecule has 0 saturated carbocycles. The van der Waals surface area contributed by atoms with Gasteiger partial charge in [-0.05, 0) is 42.8 Å². The average Bonchev–Trinajstić information content (AvgIpc) is 3.22. The van der Waals surface area contributed by atoms with E-state index in [4.69, 9.17) is 9.15 Å². The Labute approximate surface area is 146 Å². The standard InChI is InChI=1S/C16H14N4O4S/c1-10-15(13-7-8-14(24-13)20(21)22)25-16(18-10)19-17-9-11-3-5-12(23-2)6-4-11/h3-9H,1-2H3,(H,18,19). The second-order valence-electron chi connectivity index (χ2n) is 4.97. The summed E-state index contributed by atoms with van der Waals surface area (Å²) >= 11 is 1.31. The highest BCUT2D eigenvalue weighted by atomic mass is 32.1. The molecule has 2 aromatic heterocycles. The first-order chi connectivity index (χ1) is 12.1. The zero-order valence-corrected chi connectivity index (χ0v) is 14.2. The summed E-state index contributed by atoms with van der Waals surface area (Å²) in [5.74, 6) is 0.890. The molecule has 0 radical (unpaired) electrons. The largest absolute Gasteiger partial charge is 0.497 e. The molecule has 8 nitrogen and oxygen atoms in total. The highest BCUT2D eigenvalue weighted by molar-refractivity contribution is 7.19. The smallest absolute Gasteiger partial charge is 0.433 e. The minimum Gasteiger partial charge on any atom is -0.497 e. The summed E-state index contributed by atoms with van der Waals surface area (Å²) in [5.41, 5.74) is 4.46. The highest BCUT2D eigenvalue weighted by Gasteiger charge is 2.17. The number of nitrogens with zero attached hydrogens (tertiary/aromatic N) is 3. The third kappa shape index (κ3) is 3.83. The maximum absolute atomic E-state index is 10.7. The topological polar surface area (TPSA) is 103 Å². The molecule has 3 aromatic rings. The van der Waals surface area contributed by atoms with Crippen LogP contribution >= 0.6 is 11.3 Å². The van der Waals surface area contributed by atoms with Crippen molar-refractivity contribution in [2.75, 3.05) is 12.5 Å². The van der Waals surface area contributed by atoms with Crippen LogP contribution in [0.5, 0.6) is 5.75 Å². The Morgan fingerprint density at radius 3 is 2.72 bits per heavy atom. The molecule has 0 aliphatic rings. The van der Waals surface area contributed by atoms with E-state index in [-0.39, 0.29) is 5.88 Å². The third-order valence-electron chi connectivity index (χ3n) is 3.28. The maximum atomic E-state index is 10.7. The number of nitrogens with one attached hydrogen (secondary N) is 1. The number of rotatable bonds is 6. The number of benzene rings is 1. The van der Waals surface area contributed by atoms with Crippen LogP contribution < -0.4 is 10.2 Å². The van der Waals surface area contributed by atoms with Crippen LogP contribution in [0.1, 0.15) is 11.3 Å². The van der Waals surface area contributed by atoms with Crippen molar-refractivity contribution >= 4 is 28.6 Å². The van der Waals surface area contributed by atoms with Gasteiger partial charge in [-0.25, -0.2) is 4.98 Å². The van der Waals surface area contributed by atoms with Gasteiger partial charge in [0.25, 0.3) is 0 Å². The molecular weight excluding hydrogens is 344 g/mol. The number of furan rings is 1. The van der Waals surface area contributed by atoms with E-state index in [9.17, 15) is 10.1 Å². The van der Waals surface area contributed by atoms with Crippen LogP contribution in [0.3, 0.4) is 0 Å². The Kier molecular flexibility index (Phi) is 4.75. The molecule has 0 bridgehead atoms. The number of nitro groups is 1. The van der Waals surface area contributed by atoms with Gasteiger partial charge in [0.05, 0.1) is 30.0 Å². The number of hydrogen-bond acceptors (Lipinski definition) is 8. The van der Waals surface area contributed by atoms with Crippen LogP contribution in [-0.4, -0.2) is 23.2 Å². The molecule has 3 rings (SSSR count). The number of anilines is 1. The Morgan fingerprint density at radius 1 is 1.32 bits per heavy atom. The summed E-state index contributed by atoms with van der Waals surface area (Å²) in [6.07, 6.45) is 1.66. The van der Waals surface area contributed by atoms with Gasteiger partial charge in [0.2, 0.25) is 5.13 Å². The molecule has 0 saturated heterocycles. The molecule has 2 heterocycles. The van der Waals surface area contributed by atoms with Crippen LogP contribution in [0.15, 0.2) is 45.9 Å². The summed E-state index contributed by atoms with van der Waals surface area (Å²) in [6.45, 7) is 1.80. The Bertz CT molecular complexity index is 915. The molecule has 0 fully saturated rings. The molecule has 0 spiro atoms. The molecule has 0 aliphatic heterocycles. The van der Waals surface area contributed by atoms with E-state index in [0.717, 1.165) is 16.2 Å². The van der Waals surface area contributed by atoms with Crippen molar-refractivity contribution in [3.05, 3.63) is 57.8 Å². The molecule has 0 atom stereocenters. The first kappa shape index (κ1) is 16.7. The lowest BCUT2D eigenvalue weighted by Gasteiger charge is -1.98. The lowest BCUT2D eigenvalue weighted by atomic mass is 10.2. The van der Waals surface area contributed by atoms with Crippen molar-refractivity contribution in [3.8, 4) is 16.4 Å². The SMILES string of the molecule is COc1ccc(C=NNc2nc(C)c(-c3ccc([N+](=O)[O-])o3)s2)cc1. The van der Waals surface area contributed by atoms with E-state index in [0.29, 0.717) is 16.6 Å². The van der Waals surface area contributed by atoms with Gasteiger partial charge in [-0.3, -0.25) is 15.5 Å². The number of thiazole rings is 1. The monoisotopic (exact) mass is 358 g/mol. The number of hydrazone groups is 1. The fourth-order valence-corrected chi connectivity index (χ4v) is 2.95. The average molecular weight is 358 g/mol. The molecule has 0 amide bonds. The van der Waals surface area contributed by atoms with Gasteiger partial charge < -0.3 is 9.15 Å². The fraction of sp³-hybridized carbons (Fsp3) is 0.125. The van der Waals surface area contributed by atoms with Crippen molar-refractivity contribution < 1.29 is 14.1 Å². The minimum atomic E-state index is -0.571. The summed E-state index contributed by atoms with van der Waals surface area (Å²) in [6, 6.07) is 10.3. The molecular formula is C16H14N4O4S. The van der Waals surface area contributed by atoms with Crippen LogP contribution in [0.2, 0.25) is 0 Å². The number of ether oxygens (including phenoxy) is 1. The lowest BCUT2D eigenvalue weighted by molar-refractivity contribution is -0.401. The van der Waals surface area contributed by atoms with E-state index >= 15 is 0 Å². The van der Waals surface area contributed by atoms with E-state index in [1.165, 1.54) is 17.4 Å². The van der Waals surface area contributed by atoms with Crippen molar-refractivity contribution in [2.24, 2.45) is 5.10 Å². The van der Waals surface area contributed by atoms with Gasteiger partial charge in [-0.2, -0.15) is 5.10 Å². The minimum absolute atomic E-state index is 0.296. The summed E-state index contributed by atoms with van der Waals surface area (Å²) in [5, 5.41) is 15.4. The quantitative estimate of drug-likeness (QED) is 0.405. The summed E-state index contributed by atoms with van der Waals surface area (Å²) in [7, 11) is 1.61. The number of aromatic nitrogens is 1. The van der Waals surface area contributed by atoms with Gasteiger partial charge in [0.15, 0.2) is 5.76 Å². The van der Waals surface area contributed by atoms with Crippen molar-refractivity contribution in [3.63, 3.8) is 0 Å². The molecule has 25 heavy (non-hydrogen) atoms. The van der Waals surface area contributed by atoms with Crippen LogP contribution in [0.4, 0.5) is 11.0 Å². The number of methoxy groups -OCH3 is 1. The van der Waals surface area contributed by atoms with Gasteiger partial charge in [0.1, 0.15) is 10.7 Å². The molecule has 0 aliphatic carbocycles. The van der Waals surface area contributed by atoms with E-state index < -0.39 is 4.92 Å². The second kappa shape index (κ2) is 7.14. The van der Waals surface area contributed by atoms with Crippen molar-refractivity contribution in [1.29, 1.82) is 0 Å². The van der Waals surface area contributed by atoms with Crippen LogP contribution in [0, 0.1) is 17.0 Å². The predicted molar refractivity (Wildman–Crippen MR) is 95.4 cm³/mol. The number of hydrogen-bond donors (Lipinski definition) is 1. The van der Waals surface area contributed by atoms with Crippen molar-refractivity contribution in [1.82, 2.24) is 4.98 Å². The first-order valence-corrected chi connectivity index (χ1v) is 8.03. The van der Waals surface area contributed by atoms with E-state index in [1.807, 2.05) is 24.3 Å². The molecule has 9 heteroatoms. The van der Waals surface area contributed by atoms with Gasteiger partial charge in [-0.1, -0.05) is 11.3 Å². The van der Waals surface area contributed by atoms with Gasteiger partial charge in [-0.15, -0.1) is 0 Å². The van der Waals surface area contributed by atoms with E-state index in [1.54, 1.807) is 26.3 Å². The second-order valence-corrected chi connectivity index (χ2v) is 5.97. The van der Waals surface area contributed by atoms with E-state index in [2.05, 4.69) is 15.5 Å². The fourth-order valence-electron chi connectivity index (χ4n) is 2.07. The maximum Gasteiger partial charge on any atom is 0.433 e. The van der Waals surface area contributed by atoms with Gasteiger partial charge in [0, 0.05) is 0 Å². The summed E-state index contributed by atoms with van der Waals surface area (Å²) in [4.78, 5) is 15.2. The lowest BCUT2D eigenvalue weighted by Crippen LogP contribution is -1.90. The predicted octanol–water partition coefficient (Wildman–Crippen LogP) is 4.07. The zero-order valence-electron chi connectivity index (χ0n) is 13.4. The Balaban J connectivity index is 1.71. The first-order valence-electron chi connectivity index (χ1n) is 7.22. The Hall–Kier alpha value is -3.20. The molecule has 1 N–H and O–H groups in total. The Morgan fingerprint density at radius 2 is 2.08 bits per heavy atom. The third-order valence-corrected chi connectivity index (χ3v) is 4.36. The summed E-state index contributed by atoms with van der Waals surface area (Å²) < 4.78 is 10.3. The molecule has 0 unspecified atom stereocenters. The highest BCUT2D eigenvalue weighted by Crippen LogP contribution is 2.35. The van der Waals surface area contributed by atoms with Crippen LogP contribution in [0.25, 0.3) is 10.6 Å². The van der Waals surface area contributed by atoms with Crippen LogP contribution in [-0.2, 0) is 0 Å². The van der Waals surface area contributed by atoms with Crippen molar-refractivity contribution in [2.45, 2.75) is 6.92 Å². The molecule has 128 valence electrons.